The van der Waals surface area contributed by atoms with Gasteiger partial charge in [-0.05, 0) is 49.2 Å². The highest BCUT2D eigenvalue weighted by atomic mass is 35.5. The number of amides is 1. The van der Waals surface area contributed by atoms with Gasteiger partial charge in [0.25, 0.3) is 11.5 Å². The van der Waals surface area contributed by atoms with Crippen molar-refractivity contribution in [3.8, 4) is 11.5 Å². The van der Waals surface area contributed by atoms with E-state index < -0.39 is 17.6 Å². The van der Waals surface area contributed by atoms with Gasteiger partial charge in [0.1, 0.15) is 22.1 Å². The number of ether oxygens (including phenoxy) is 3. The summed E-state index contributed by atoms with van der Waals surface area (Å²) in [4.78, 5) is 49.4. The molecule has 2 aliphatic heterocycles. The van der Waals surface area contributed by atoms with Crippen molar-refractivity contribution in [2.75, 3.05) is 25.7 Å². The number of rotatable bonds is 9. The molecule has 1 aromatic heterocycles. The Bertz CT molecular complexity index is 2080. The Kier molecular flexibility index (Phi) is 8.84. The molecule has 1 atom stereocenters. The van der Waals surface area contributed by atoms with Crippen LogP contribution in [0.15, 0.2) is 87.8 Å². The number of carbonyl (C=O) groups is 2. The summed E-state index contributed by atoms with van der Waals surface area (Å²) in [7, 11) is 3.07. The summed E-state index contributed by atoms with van der Waals surface area (Å²) >= 11 is 7.61. The average molecular weight is 658 g/mol. The van der Waals surface area contributed by atoms with E-state index in [-0.39, 0.29) is 34.7 Å². The summed E-state index contributed by atoms with van der Waals surface area (Å²) in [5.74, 6) is 0.0842. The van der Waals surface area contributed by atoms with Crippen LogP contribution in [-0.4, -0.2) is 37.3 Å². The smallest absolute Gasteiger partial charge is 0.338 e. The van der Waals surface area contributed by atoms with Gasteiger partial charge in [-0.15, -0.1) is 0 Å². The van der Waals surface area contributed by atoms with E-state index in [9.17, 15) is 14.4 Å². The molecule has 0 bridgehead atoms. The Morgan fingerprint density at radius 3 is 2.48 bits per heavy atom. The number of hydrogen-bond acceptors (Lipinski definition) is 8. The summed E-state index contributed by atoms with van der Waals surface area (Å²) in [5, 5.41) is 0.544. The summed E-state index contributed by atoms with van der Waals surface area (Å²) in [6.45, 7) is 4.10. The Labute approximate surface area is 274 Å². The maximum absolute atomic E-state index is 14.7. The second-order valence-corrected chi connectivity index (χ2v) is 12.1. The first kappa shape index (κ1) is 31.3. The fourth-order valence-electron chi connectivity index (χ4n) is 5.97. The van der Waals surface area contributed by atoms with E-state index in [1.165, 1.54) is 11.7 Å². The van der Waals surface area contributed by atoms with Gasteiger partial charge in [-0.25, -0.2) is 9.79 Å². The first-order valence-electron chi connectivity index (χ1n) is 14.9. The predicted molar refractivity (Wildman–Crippen MR) is 177 cm³/mol. The summed E-state index contributed by atoms with van der Waals surface area (Å²) < 4.78 is 18.5. The van der Waals surface area contributed by atoms with Crippen LogP contribution in [-0.2, 0) is 20.9 Å². The van der Waals surface area contributed by atoms with Crippen LogP contribution in [0, 0.1) is 0 Å². The van der Waals surface area contributed by atoms with Gasteiger partial charge in [0, 0.05) is 16.1 Å². The molecule has 236 valence electrons. The highest BCUT2D eigenvalue weighted by Crippen LogP contribution is 2.40. The van der Waals surface area contributed by atoms with Crippen molar-refractivity contribution in [3.05, 3.63) is 119 Å². The molecule has 4 aromatic rings. The fourth-order valence-corrected chi connectivity index (χ4v) is 7.28. The molecule has 0 saturated carbocycles. The normalized spacial score (nSPS) is 16.6. The van der Waals surface area contributed by atoms with Crippen molar-refractivity contribution >= 4 is 46.1 Å². The lowest BCUT2D eigenvalue weighted by atomic mass is 9.93. The first-order chi connectivity index (χ1) is 22.3. The number of hydrogen-bond donors (Lipinski definition) is 0. The minimum Gasteiger partial charge on any atom is -0.497 e. The molecule has 0 radical (unpaired) electrons. The monoisotopic (exact) mass is 657 g/mol. The molecule has 0 spiro atoms. The van der Waals surface area contributed by atoms with Crippen LogP contribution in [0.5, 0.6) is 11.5 Å². The molecule has 0 N–H and O–H groups in total. The maximum Gasteiger partial charge on any atom is 0.338 e. The molecule has 0 saturated heterocycles. The third kappa shape index (κ3) is 5.31. The van der Waals surface area contributed by atoms with Crippen LogP contribution < -0.4 is 29.3 Å². The highest BCUT2D eigenvalue weighted by molar-refractivity contribution is 7.07. The van der Waals surface area contributed by atoms with Gasteiger partial charge in [0.15, 0.2) is 4.80 Å². The van der Waals surface area contributed by atoms with Crippen molar-refractivity contribution in [1.82, 2.24) is 4.57 Å². The molecule has 0 fully saturated rings. The number of para-hydroxylation sites is 1. The molecule has 11 heteroatoms. The van der Waals surface area contributed by atoms with Crippen LogP contribution in [0.2, 0.25) is 5.02 Å². The Morgan fingerprint density at radius 1 is 1.00 bits per heavy atom. The van der Waals surface area contributed by atoms with E-state index in [0.29, 0.717) is 56.7 Å². The predicted octanol–water partition coefficient (Wildman–Crippen LogP) is 5.17. The molecule has 2 aliphatic rings. The molecular formula is C35H32ClN3O6S. The van der Waals surface area contributed by atoms with E-state index in [1.54, 1.807) is 43.2 Å². The van der Waals surface area contributed by atoms with Gasteiger partial charge >= 0.3 is 5.97 Å². The van der Waals surface area contributed by atoms with E-state index in [1.807, 2.05) is 49.4 Å². The standard InChI is InChI=1S/C35H32ClN3O6S/c1-5-11-25-29(34(42)45-6-2)30(23-18-21(43-3)16-17-27(23)44-4)39-33(41)31(46-35(39)37-25)28-22-13-8-10-15-26(22)38(32(28)40)19-20-12-7-9-14-24(20)36/h7-10,12-18,30H,5-6,11,19H2,1-4H3/b31-28-/t30-/m1/s1. The third-order valence-electron chi connectivity index (χ3n) is 8.04. The molecule has 6 rings (SSSR count). The van der Waals surface area contributed by atoms with Gasteiger partial charge in [-0.1, -0.05) is 72.7 Å². The number of fused-ring (bicyclic) bond motifs is 2. The van der Waals surface area contributed by atoms with Crippen molar-refractivity contribution in [3.63, 3.8) is 0 Å². The molecule has 9 nitrogen and oxygen atoms in total. The van der Waals surface area contributed by atoms with Crippen molar-refractivity contribution in [1.29, 1.82) is 0 Å². The summed E-state index contributed by atoms with van der Waals surface area (Å²) in [6.07, 6.45) is 1.18. The molecule has 1 amide bonds. The topological polar surface area (TPSA) is 99.4 Å². The molecule has 0 aliphatic carbocycles. The van der Waals surface area contributed by atoms with Crippen LogP contribution >= 0.6 is 22.9 Å². The molecule has 3 aromatic carbocycles. The van der Waals surface area contributed by atoms with E-state index in [2.05, 4.69) is 0 Å². The minimum absolute atomic E-state index is 0.144. The maximum atomic E-state index is 14.7. The number of benzene rings is 3. The van der Waals surface area contributed by atoms with E-state index in [0.717, 1.165) is 16.9 Å². The third-order valence-corrected chi connectivity index (χ3v) is 9.46. The zero-order chi connectivity index (χ0) is 32.5. The molecule has 0 unspecified atom stereocenters. The van der Waals surface area contributed by atoms with Crippen molar-refractivity contribution in [2.45, 2.75) is 39.3 Å². The van der Waals surface area contributed by atoms with Gasteiger partial charge in [-0.2, -0.15) is 0 Å². The first-order valence-corrected chi connectivity index (χ1v) is 16.1. The minimum atomic E-state index is -0.942. The number of carbonyl (C=O) groups excluding carboxylic acids is 2. The summed E-state index contributed by atoms with van der Waals surface area (Å²) in [5.41, 5.74) is 3.23. The highest BCUT2D eigenvalue weighted by Gasteiger charge is 2.39. The van der Waals surface area contributed by atoms with Crippen molar-refractivity contribution < 1.29 is 23.8 Å². The zero-order valence-corrected chi connectivity index (χ0v) is 27.4. The Morgan fingerprint density at radius 2 is 1.76 bits per heavy atom. The van der Waals surface area contributed by atoms with Gasteiger partial charge in [0.2, 0.25) is 0 Å². The van der Waals surface area contributed by atoms with Gasteiger partial charge in [0.05, 0.1) is 49.9 Å². The molecule has 3 heterocycles. The molecule has 46 heavy (non-hydrogen) atoms. The van der Waals surface area contributed by atoms with Crippen LogP contribution in [0.25, 0.3) is 5.57 Å². The summed E-state index contributed by atoms with van der Waals surface area (Å²) in [6, 6.07) is 19.0. The lowest BCUT2D eigenvalue weighted by Crippen LogP contribution is -2.41. The average Bonchev–Trinajstić information content (AvgIpc) is 3.53. The number of allylic oxidation sites excluding steroid dienone is 1. The Balaban J connectivity index is 1.64. The van der Waals surface area contributed by atoms with Crippen LogP contribution in [0.1, 0.15) is 49.4 Å². The number of esters is 1. The second-order valence-electron chi connectivity index (χ2n) is 10.7. The van der Waals surface area contributed by atoms with Gasteiger partial charge < -0.3 is 19.1 Å². The fraction of sp³-hybridized carbons (Fsp3) is 0.257. The lowest BCUT2D eigenvalue weighted by molar-refractivity contribution is -0.139. The Hall–Kier alpha value is -4.67. The van der Waals surface area contributed by atoms with Crippen molar-refractivity contribution in [2.24, 2.45) is 4.99 Å². The van der Waals surface area contributed by atoms with Gasteiger partial charge in [-0.3, -0.25) is 14.2 Å². The quantitative estimate of drug-likeness (QED) is 0.231. The van der Waals surface area contributed by atoms with Crippen LogP contribution in [0.3, 0.4) is 0 Å². The SMILES string of the molecule is CCCC1=C(C(=O)OCC)[C@@H](c2cc(OC)ccc2OC)n2c(s/c(=C3\C(=O)N(Cc4ccccc4Cl)c4ccccc43)c2=O)=N1. The zero-order valence-electron chi connectivity index (χ0n) is 25.8. The largest absolute Gasteiger partial charge is 0.497 e. The number of halogens is 1. The lowest BCUT2D eigenvalue weighted by Gasteiger charge is -2.27. The number of thiazole rings is 1. The number of methoxy groups -OCH3 is 2. The number of aromatic nitrogens is 1. The van der Waals surface area contributed by atoms with E-state index >= 15 is 0 Å². The number of anilines is 1. The second kappa shape index (κ2) is 13.0. The molecular weight excluding hydrogens is 626 g/mol. The van der Waals surface area contributed by atoms with E-state index in [4.69, 9.17) is 30.8 Å². The van der Waals surface area contributed by atoms with Crippen LogP contribution in [0.4, 0.5) is 5.69 Å². The number of nitrogens with zero attached hydrogens (tertiary/aromatic N) is 3.